The molecule has 0 aliphatic rings. The van der Waals surface area contributed by atoms with Crippen LogP contribution in [-0.4, -0.2) is 55.2 Å². The van der Waals surface area contributed by atoms with Crippen LogP contribution < -0.4 is 21.7 Å². The van der Waals surface area contributed by atoms with E-state index in [1.54, 1.807) is 13.8 Å². The Morgan fingerprint density at radius 1 is 1.00 bits per heavy atom. The molecule has 0 spiro atoms. The number of hydrogen-bond acceptors (Lipinski definition) is 7. The first kappa shape index (κ1) is 24.7. The van der Waals surface area contributed by atoms with E-state index < -0.39 is 22.6 Å². The molecule has 0 saturated heterocycles. The largest absolute Gasteiger partial charge is 0.388 e. The summed E-state index contributed by atoms with van der Waals surface area (Å²) in [6, 6.07) is 0. The fourth-order valence-electron chi connectivity index (χ4n) is 3.27. The first-order valence-corrected chi connectivity index (χ1v) is 10.3. The van der Waals surface area contributed by atoms with E-state index in [0.717, 1.165) is 6.20 Å². The van der Waals surface area contributed by atoms with Crippen LogP contribution in [0.1, 0.15) is 54.6 Å². The number of anilines is 2. The summed E-state index contributed by atoms with van der Waals surface area (Å²) < 4.78 is 0. The van der Waals surface area contributed by atoms with E-state index in [0.29, 0.717) is 16.8 Å². The number of H-pyrrole nitrogens is 3. The van der Waals surface area contributed by atoms with Crippen molar-refractivity contribution in [3.05, 3.63) is 56.3 Å². The summed E-state index contributed by atoms with van der Waals surface area (Å²) >= 11 is 0. The van der Waals surface area contributed by atoms with Gasteiger partial charge in [0.25, 0.3) is 23.4 Å². The summed E-state index contributed by atoms with van der Waals surface area (Å²) in [5, 5.41) is 32.5. The van der Waals surface area contributed by atoms with Crippen molar-refractivity contribution in [1.82, 2.24) is 25.5 Å². The van der Waals surface area contributed by atoms with E-state index >= 15 is 0 Å². The van der Waals surface area contributed by atoms with Crippen molar-refractivity contribution >= 4 is 40.7 Å². The van der Waals surface area contributed by atoms with Gasteiger partial charge in [-0.2, -0.15) is 5.10 Å². The van der Waals surface area contributed by atoms with E-state index in [-0.39, 0.29) is 53.0 Å². The van der Waals surface area contributed by atoms with E-state index in [2.05, 4.69) is 36.1 Å². The summed E-state index contributed by atoms with van der Waals surface area (Å²) in [5.74, 6) is -1.54. The van der Waals surface area contributed by atoms with Crippen LogP contribution in [-0.2, 0) is 0 Å². The molecular formula is C20H24N10O5. The molecule has 0 fully saturated rings. The van der Waals surface area contributed by atoms with Crippen molar-refractivity contribution in [1.29, 1.82) is 5.41 Å². The van der Waals surface area contributed by atoms with Crippen LogP contribution in [0.2, 0.25) is 0 Å². The average molecular weight is 484 g/mol. The smallest absolute Gasteiger partial charge is 0.290 e. The van der Waals surface area contributed by atoms with Gasteiger partial charge in [0.15, 0.2) is 5.82 Å². The van der Waals surface area contributed by atoms with Crippen LogP contribution in [0.25, 0.3) is 0 Å². The minimum Gasteiger partial charge on any atom is -0.388 e. The van der Waals surface area contributed by atoms with Crippen LogP contribution >= 0.6 is 0 Å². The highest BCUT2D eigenvalue weighted by molar-refractivity contribution is 6.08. The highest BCUT2D eigenvalue weighted by Gasteiger charge is 2.24. The maximum Gasteiger partial charge on any atom is 0.290 e. The molecular weight excluding hydrogens is 460 g/mol. The summed E-state index contributed by atoms with van der Waals surface area (Å²) in [6.07, 6.45) is 2.76. The molecule has 15 heteroatoms. The molecule has 184 valence electrons. The lowest BCUT2D eigenvalue weighted by Crippen LogP contribution is -2.28. The molecule has 35 heavy (non-hydrogen) atoms. The molecule has 9 N–H and O–H groups in total. The molecule has 0 aliphatic heterocycles. The third-order valence-electron chi connectivity index (χ3n) is 5.30. The summed E-state index contributed by atoms with van der Waals surface area (Å²) in [7, 11) is 0. The molecule has 3 amide bonds. The molecule has 0 unspecified atom stereocenters. The average Bonchev–Trinajstić information content (AvgIpc) is 3.45. The number of amides is 3. The number of aromatic nitrogens is 4. The third-order valence-corrected chi connectivity index (χ3v) is 5.30. The minimum absolute atomic E-state index is 0.0320. The van der Waals surface area contributed by atoms with E-state index in [1.807, 2.05) is 0 Å². The lowest BCUT2D eigenvalue weighted by Gasteiger charge is -2.06. The number of nitro groups is 1. The summed E-state index contributed by atoms with van der Waals surface area (Å²) in [5.41, 5.74) is 6.70. The first-order chi connectivity index (χ1) is 16.5. The standard InChI is InChI=1S/C20H24N10O5/c1-8-11(26-19(32)15-9(2)12(7-25-15)30(34)35)6-24-14(8)20(33)27-17-10(3)16(28-29-17)18(31)23-5-4-13(21)22/h6-7,24-25H,4-5H2,1-3H3,(H3,21,22)(H,23,31)(H,26,32)(H2,27,28,29,33). The Balaban J connectivity index is 1.69. The lowest BCUT2D eigenvalue weighted by molar-refractivity contribution is -0.385. The molecule has 3 aromatic heterocycles. The molecule has 3 rings (SSSR count). The number of nitrogens with two attached hydrogens (primary N) is 1. The normalized spacial score (nSPS) is 10.6. The number of nitrogens with one attached hydrogen (secondary N) is 7. The predicted octanol–water partition coefficient (Wildman–Crippen LogP) is 1.46. The van der Waals surface area contributed by atoms with Crippen molar-refractivity contribution in [2.45, 2.75) is 27.2 Å². The number of aromatic amines is 3. The van der Waals surface area contributed by atoms with E-state index in [4.69, 9.17) is 11.1 Å². The van der Waals surface area contributed by atoms with Gasteiger partial charge < -0.3 is 31.7 Å². The monoisotopic (exact) mass is 484 g/mol. The van der Waals surface area contributed by atoms with Crippen LogP contribution in [0.15, 0.2) is 12.4 Å². The molecule has 15 nitrogen and oxygen atoms in total. The maximum absolute atomic E-state index is 12.8. The van der Waals surface area contributed by atoms with E-state index in [1.165, 1.54) is 13.1 Å². The summed E-state index contributed by atoms with van der Waals surface area (Å²) in [4.78, 5) is 53.4. The Bertz CT molecular complexity index is 1330. The SMILES string of the molecule is Cc1c(NC(=O)c2[nH]cc([N+](=O)[O-])c2C)c[nH]c1C(=O)Nc1n[nH]c(C(=O)NCCC(=N)N)c1C. The fourth-order valence-corrected chi connectivity index (χ4v) is 3.27. The zero-order valence-electron chi connectivity index (χ0n) is 19.1. The molecule has 3 heterocycles. The van der Waals surface area contributed by atoms with Crippen LogP contribution in [0.3, 0.4) is 0 Å². The Labute approximate surface area is 197 Å². The second kappa shape index (κ2) is 9.90. The quantitative estimate of drug-likeness (QED) is 0.0960. The topological polar surface area (TPSA) is 241 Å². The van der Waals surface area contributed by atoms with Gasteiger partial charge in [0.2, 0.25) is 0 Å². The molecule has 0 aliphatic carbocycles. The lowest BCUT2D eigenvalue weighted by atomic mass is 10.2. The Morgan fingerprint density at radius 2 is 1.63 bits per heavy atom. The van der Waals surface area contributed by atoms with Gasteiger partial charge in [-0.1, -0.05) is 0 Å². The molecule has 0 saturated carbocycles. The van der Waals surface area contributed by atoms with Crippen LogP contribution in [0, 0.1) is 36.3 Å². The van der Waals surface area contributed by atoms with Crippen molar-refractivity contribution in [3.63, 3.8) is 0 Å². The van der Waals surface area contributed by atoms with Crippen molar-refractivity contribution in [3.8, 4) is 0 Å². The predicted molar refractivity (Wildman–Crippen MR) is 126 cm³/mol. The second-order valence-electron chi connectivity index (χ2n) is 7.64. The highest BCUT2D eigenvalue weighted by atomic mass is 16.6. The number of carbonyl (C=O) groups excluding carboxylic acids is 3. The molecule has 0 atom stereocenters. The molecule has 0 aromatic carbocycles. The zero-order chi connectivity index (χ0) is 25.9. The summed E-state index contributed by atoms with van der Waals surface area (Å²) in [6.45, 7) is 4.84. The zero-order valence-corrected chi connectivity index (χ0v) is 19.1. The highest BCUT2D eigenvalue weighted by Crippen LogP contribution is 2.24. The Morgan fingerprint density at radius 3 is 2.26 bits per heavy atom. The van der Waals surface area contributed by atoms with Gasteiger partial charge in [-0.25, -0.2) is 0 Å². The number of carbonyl (C=O) groups is 3. The third kappa shape index (κ3) is 5.18. The second-order valence-corrected chi connectivity index (χ2v) is 7.64. The number of nitrogens with zero attached hydrogens (tertiary/aromatic N) is 2. The van der Waals surface area contributed by atoms with Crippen LogP contribution in [0.5, 0.6) is 0 Å². The van der Waals surface area contributed by atoms with Gasteiger partial charge in [-0.05, 0) is 20.8 Å². The van der Waals surface area contributed by atoms with Crippen molar-refractivity contribution in [2.24, 2.45) is 5.73 Å². The van der Waals surface area contributed by atoms with E-state index in [9.17, 15) is 24.5 Å². The number of amidine groups is 1. The fraction of sp³-hybridized carbons (Fsp3) is 0.250. The van der Waals surface area contributed by atoms with Crippen LogP contribution in [0.4, 0.5) is 17.2 Å². The Kier molecular flexibility index (Phi) is 6.98. The van der Waals surface area contributed by atoms with Gasteiger partial charge in [0, 0.05) is 30.3 Å². The van der Waals surface area contributed by atoms with Crippen molar-refractivity contribution < 1.29 is 19.3 Å². The minimum atomic E-state index is -0.603. The van der Waals surface area contributed by atoms with Gasteiger partial charge in [-0.3, -0.25) is 35.0 Å². The van der Waals surface area contributed by atoms with Gasteiger partial charge in [0.05, 0.1) is 28.2 Å². The maximum atomic E-state index is 12.8. The molecule has 0 radical (unpaired) electrons. The number of rotatable bonds is 9. The van der Waals surface area contributed by atoms with Gasteiger partial charge >= 0.3 is 0 Å². The molecule has 3 aromatic rings. The van der Waals surface area contributed by atoms with Gasteiger partial charge in [-0.15, -0.1) is 0 Å². The Hall–Kier alpha value is -4.95. The van der Waals surface area contributed by atoms with Crippen molar-refractivity contribution in [2.75, 3.05) is 17.2 Å². The van der Waals surface area contributed by atoms with Gasteiger partial charge in [0.1, 0.15) is 17.1 Å². The first-order valence-electron chi connectivity index (χ1n) is 10.3. The number of hydrogen-bond donors (Lipinski definition) is 8. The molecule has 0 bridgehead atoms.